The van der Waals surface area contributed by atoms with Gasteiger partial charge in [0.05, 0.1) is 10.6 Å². The van der Waals surface area contributed by atoms with Crippen LogP contribution in [0.4, 0.5) is 11.5 Å². The van der Waals surface area contributed by atoms with Gasteiger partial charge < -0.3 is 10.6 Å². The number of anilines is 2. The number of rotatable bonds is 8. The zero-order valence-electron chi connectivity index (χ0n) is 22.0. The van der Waals surface area contributed by atoms with Crippen LogP contribution in [0.3, 0.4) is 0 Å². The molecular weight excluding hydrogens is 460 g/mol. The molecule has 1 heterocycles. The van der Waals surface area contributed by atoms with Gasteiger partial charge in [0, 0.05) is 36.8 Å². The Hall–Kier alpha value is -2.45. The Bertz CT molecular complexity index is 1150. The molecule has 0 amide bonds. The third kappa shape index (κ3) is 6.82. The maximum absolute atomic E-state index is 13.2. The van der Waals surface area contributed by atoms with E-state index in [9.17, 15) is 13.2 Å². The van der Waals surface area contributed by atoms with Crippen LogP contribution < -0.4 is 15.4 Å². The van der Waals surface area contributed by atoms with Crippen LogP contribution in [0.25, 0.3) is 0 Å². The van der Waals surface area contributed by atoms with Crippen molar-refractivity contribution in [3.8, 4) is 0 Å². The first-order chi connectivity index (χ1) is 16.2. The SMILES string of the molecule is CNc1nc(C2CCC(C)(C)C(NS(=O)(=O)c3ccc(C(C)=O)cc3)C2)ccc1NCC(C)(C)C. The summed E-state index contributed by atoms with van der Waals surface area (Å²) >= 11 is 0. The van der Waals surface area contributed by atoms with E-state index in [0.717, 1.165) is 36.6 Å². The number of aromatic nitrogens is 1. The van der Waals surface area contributed by atoms with Crippen molar-refractivity contribution < 1.29 is 13.2 Å². The number of hydrogen-bond acceptors (Lipinski definition) is 6. The topological polar surface area (TPSA) is 100 Å². The van der Waals surface area contributed by atoms with Crippen molar-refractivity contribution in [3.05, 3.63) is 47.7 Å². The second-order valence-electron chi connectivity index (χ2n) is 11.5. The Morgan fingerprint density at radius 3 is 2.34 bits per heavy atom. The van der Waals surface area contributed by atoms with Crippen molar-refractivity contribution in [2.24, 2.45) is 10.8 Å². The molecule has 192 valence electrons. The molecule has 1 fully saturated rings. The van der Waals surface area contributed by atoms with Gasteiger partial charge in [-0.3, -0.25) is 4.79 Å². The highest BCUT2D eigenvalue weighted by Gasteiger charge is 2.39. The minimum Gasteiger partial charge on any atom is -0.382 e. The van der Waals surface area contributed by atoms with E-state index < -0.39 is 10.0 Å². The zero-order valence-corrected chi connectivity index (χ0v) is 22.8. The van der Waals surface area contributed by atoms with E-state index in [1.54, 1.807) is 12.1 Å². The third-order valence-electron chi connectivity index (χ3n) is 6.85. The van der Waals surface area contributed by atoms with Gasteiger partial charge in [0.2, 0.25) is 10.0 Å². The summed E-state index contributed by atoms with van der Waals surface area (Å²) in [4.78, 5) is 16.6. The van der Waals surface area contributed by atoms with Crippen LogP contribution in [0, 0.1) is 10.8 Å². The molecule has 3 N–H and O–H groups in total. The van der Waals surface area contributed by atoms with E-state index in [0.29, 0.717) is 12.0 Å². The molecule has 0 bridgehead atoms. The minimum atomic E-state index is -3.72. The molecule has 2 unspecified atom stereocenters. The molecule has 1 aromatic carbocycles. The lowest BCUT2D eigenvalue weighted by molar-refractivity contribution is 0.101. The van der Waals surface area contributed by atoms with Gasteiger partial charge in [0.1, 0.15) is 5.82 Å². The molecule has 1 aliphatic carbocycles. The molecule has 0 saturated heterocycles. The summed E-state index contributed by atoms with van der Waals surface area (Å²) in [7, 11) is -1.86. The van der Waals surface area contributed by atoms with Crippen LogP contribution in [0.5, 0.6) is 0 Å². The molecule has 2 atom stereocenters. The second-order valence-corrected chi connectivity index (χ2v) is 13.2. The number of ketones is 1. The van der Waals surface area contributed by atoms with Gasteiger partial charge >= 0.3 is 0 Å². The Morgan fingerprint density at radius 1 is 1.11 bits per heavy atom. The molecule has 35 heavy (non-hydrogen) atoms. The normalized spacial score (nSPS) is 20.3. The first kappa shape index (κ1) is 27.1. The fourth-order valence-corrected chi connectivity index (χ4v) is 5.86. The summed E-state index contributed by atoms with van der Waals surface area (Å²) in [6, 6.07) is 9.99. The number of carbonyl (C=O) groups excluding carboxylic acids is 1. The number of nitrogens with zero attached hydrogens (tertiary/aromatic N) is 1. The van der Waals surface area contributed by atoms with Gasteiger partial charge in [-0.05, 0) is 61.3 Å². The lowest BCUT2D eigenvalue weighted by Crippen LogP contribution is -2.48. The molecule has 1 aromatic heterocycles. The van der Waals surface area contributed by atoms with Crippen molar-refractivity contribution in [1.29, 1.82) is 0 Å². The van der Waals surface area contributed by atoms with E-state index in [1.807, 2.05) is 7.05 Å². The Morgan fingerprint density at radius 2 is 1.77 bits per heavy atom. The standard InChI is InChI=1S/C27H40N4O3S/c1-18(32)19-8-10-21(11-9-19)35(33,34)31-24-16-20(14-15-27(24,5)6)22-12-13-23(25(28-7)30-22)29-17-26(2,3)4/h8-13,20,24,29,31H,14-17H2,1-7H3,(H,28,30). The predicted octanol–water partition coefficient (Wildman–Crippen LogP) is 5.42. The summed E-state index contributed by atoms with van der Waals surface area (Å²) in [6.45, 7) is 13.1. The average Bonchev–Trinajstić information content (AvgIpc) is 2.78. The van der Waals surface area contributed by atoms with E-state index in [2.05, 4.69) is 62.1 Å². The van der Waals surface area contributed by atoms with Crippen molar-refractivity contribution in [2.75, 3.05) is 24.2 Å². The smallest absolute Gasteiger partial charge is 0.240 e. The molecular formula is C27H40N4O3S. The second kappa shape index (κ2) is 10.3. The Kier molecular flexibility index (Phi) is 7.96. The Labute approximate surface area is 210 Å². The summed E-state index contributed by atoms with van der Waals surface area (Å²) in [5.41, 5.74) is 2.39. The van der Waals surface area contributed by atoms with Gasteiger partial charge in [-0.1, -0.05) is 46.8 Å². The van der Waals surface area contributed by atoms with Gasteiger partial charge in [-0.2, -0.15) is 0 Å². The highest BCUT2D eigenvalue weighted by molar-refractivity contribution is 7.89. The summed E-state index contributed by atoms with van der Waals surface area (Å²) in [6.07, 6.45) is 2.50. The van der Waals surface area contributed by atoms with Crippen molar-refractivity contribution >= 4 is 27.3 Å². The predicted molar refractivity (Wildman–Crippen MR) is 143 cm³/mol. The highest BCUT2D eigenvalue weighted by atomic mass is 32.2. The molecule has 7 nitrogen and oxygen atoms in total. The van der Waals surface area contributed by atoms with E-state index in [-0.39, 0.29) is 33.5 Å². The first-order valence-corrected chi connectivity index (χ1v) is 13.8. The third-order valence-corrected chi connectivity index (χ3v) is 8.34. The van der Waals surface area contributed by atoms with Crippen molar-refractivity contribution in [3.63, 3.8) is 0 Å². The fourth-order valence-electron chi connectivity index (χ4n) is 4.44. The molecule has 0 spiro atoms. The number of hydrogen-bond donors (Lipinski definition) is 3. The van der Waals surface area contributed by atoms with Crippen molar-refractivity contribution in [2.45, 2.75) is 77.7 Å². The van der Waals surface area contributed by atoms with Gasteiger partial charge in [0.15, 0.2) is 5.78 Å². The van der Waals surface area contributed by atoms with Crippen molar-refractivity contribution in [1.82, 2.24) is 9.71 Å². The molecule has 8 heteroatoms. The number of Topliss-reactive ketones (excluding diaryl/α,β-unsaturated/α-hetero) is 1. The summed E-state index contributed by atoms with van der Waals surface area (Å²) in [5, 5.41) is 6.68. The number of carbonyl (C=O) groups is 1. The fraction of sp³-hybridized carbons (Fsp3) is 0.556. The highest BCUT2D eigenvalue weighted by Crippen LogP contribution is 2.43. The van der Waals surface area contributed by atoms with E-state index in [1.165, 1.54) is 19.1 Å². The summed E-state index contributed by atoms with van der Waals surface area (Å²) in [5.74, 6) is 0.866. The maximum atomic E-state index is 13.2. The van der Waals surface area contributed by atoms with Crippen LogP contribution >= 0.6 is 0 Å². The zero-order chi connectivity index (χ0) is 26.0. The van der Waals surface area contributed by atoms with Gasteiger partial charge in [0.25, 0.3) is 0 Å². The van der Waals surface area contributed by atoms with E-state index >= 15 is 0 Å². The van der Waals surface area contributed by atoms with Crippen LogP contribution in [-0.2, 0) is 10.0 Å². The van der Waals surface area contributed by atoms with Crippen LogP contribution in [0.2, 0.25) is 0 Å². The molecule has 2 aromatic rings. The number of benzene rings is 1. The first-order valence-electron chi connectivity index (χ1n) is 12.3. The average molecular weight is 501 g/mol. The summed E-state index contributed by atoms with van der Waals surface area (Å²) < 4.78 is 29.3. The molecule has 1 saturated carbocycles. The van der Waals surface area contributed by atoms with Crippen LogP contribution in [0.1, 0.15) is 82.8 Å². The Balaban J connectivity index is 1.79. The number of sulfonamides is 1. The monoisotopic (exact) mass is 500 g/mol. The molecule has 0 radical (unpaired) electrons. The number of nitrogens with one attached hydrogen (secondary N) is 3. The van der Waals surface area contributed by atoms with Crippen LogP contribution in [0.15, 0.2) is 41.3 Å². The van der Waals surface area contributed by atoms with E-state index in [4.69, 9.17) is 4.98 Å². The molecule has 3 rings (SSSR count). The molecule has 0 aliphatic heterocycles. The largest absolute Gasteiger partial charge is 0.382 e. The minimum absolute atomic E-state index is 0.0915. The lowest BCUT2D eigenvalue weighted by atomic mass is 9.69. The number of pyridine rings is 1. The van der Waals surface area contributed by atoms with Gasteiger partial charge in [-0.25, -0.2) is 18.1 Å². The lowest BCUT2D eigenvalue weighted by Gasteiger charge is -2.42. The van der Waals surface area contributed by atoms with Crippen LogP contribution in [-0.4, -0.2) is 38.8 Å². The quantitative estimate of drug-likeness (QED) is 0.418. The van der Waals surface area contributed by atoms with Gasteiger partial charge in [-0.15, -0.1) is 0 Å². The maximum Gasteiger partial charge on any atom is 0.240 e. The molecule has 1 aliphatic rings.